The van der Waals surface area contributed by atoms with Gasteiger partial charge in [0.1, 0.15) is 0 Å². The predicted molar refractivity (Wildman–Crippen MR) is 58.1 cm³/mol. The van der Waals surface area contributed by atoms with Crippen molar-refractivity contribution < 1.29 is 0 Å². The Kier molecular flexibility index (Phi) is 2.50. The molecule has 1 aromatic heterocycles. The Hall–Kier alpha value is -1.02. The summed E-state index contributed by atoms with van der Waals surface area (Å²) in [6, 6.07) is 12.4. The van der Waals surface area contributed by atoms with E-state index in [0.717, 1.165) is 16.3 Å². The maximum absolute atomic E-state index is 4.53. The molecule has 2 rings (SSSR count). The SMILES string of the molecule is CCSc1ccc2ccccc2n1. The van der Waals surface area contributed by atoms with E-state index in [9.17, 15) is 0 Å². The molecule has 13 heavy (non-hydrogen) atoms. The van der Waals surface area contributed by atoms with Crippen molar-refractivity contribution in [3.63, 3.8) is 0 Å². The second kappa shape index (κ2) is 3.79. The molecule has 0 spiro atoms. The summed E-state index contributed by atoms with van der Waals surface area (Å²) >= 11 is 1.78. The van der Waals surface area contributed by atoms with E-state index in [1.165, 1.54) is 5.39 Å². The van der Waals surface area contributed by atoms with Gasteiger partial charge in [-0.2, -0.15) is 0 Å². The summed E-state index contributed by atoms with van der Waals surface area (Å²) in [5, 5.41) is 2.32. The highest BCUT2D eigenvalue weighted by molar-refractivity contribution is 7.99. The summed E-state index contributed by atoms with van der Waals surface area (Å²) in [5.74, 6) is 1.07. The van der Waals surface area contributed by atoms with Crippen molar-refractivity contribution in [2.45, 2.75) is 11.9 Å². The van der Waals surface area contributed by atoms with E-state index < -0.39 is 0 Å². The highest BCUT2D eigenvalue weighted by Gasteiger charge is 1.95. The molecule has 0 saturated carbocycles. The number of pyridine rings is 1. The number of rotatable bonds is 2. The van der Waals surface area contributed by atoms with Gasteiger partial charge in [-0.1, -0.05) is 31.2 Å². The van der Waals surface area contributed by atoms with Crippen molar-refractivity contribution in [2.24, 2.45) is 0 Å². The molecule has 1 nitrogen and oxygen atoms in total. The van der Waals surface area contributed by atoms with E-state index in [0.29, 0.717) is 0 Å². The molecule has 0 aliphatic heterocycles. The molecular weight excluding hydrogens is 178 g/mol. The first-order chi connectivity index (χ1) is 6.40. The van der Waals surface area contributed by atoms with E-state index in [2.05, 4.69) is 36.2 Å². The number of hydrogen-bond donors (Lipinski definition) is 0. The Labute approximate surface area is 82.2 Å². The van der Waals surface area contributed by atoms with Crippen molar-refractivity contribution >= 4 is 22.7 Å². The van der Waals surface area contributed by atoms with Crippen LogP contribution in [0.5, 0.6) is 0 Å². The molecule has 0 N–H and O–H groups in total. The summed E-state index contributed by atoms with van der Waals surface area (Å²) < 4.78 is 0. The Balaban J connectivity index is 2.49. The summed E-state index contributed by atoms with van der Waals surface area (Å²) in [5.41, 5.74) is 1.08. The Bertz CT molecular complexity index is 412. The Morgan fingerprint density at radius 2 is 2.00 bits per heavy atom. The van der Waals surface area contributed by atoms with Gasteiger partial charge in [-0.05, 0) is 17.9 Å². The van der Waals surface area contributed by atoms with Crippen molar-refractivity contribution in [1.29, 1.82) is 0 Å². The third-order valence-electron chi connectivity index (χ3n) is 1.87. The van der Waals surface area contributed by atoms with E-state index in [-0.39, 0.29) is 0 Å². The van der Waals surface area contributed by atoms with E-state index >= 15 is 0 Å². The lowest BCUT2D eigenvalue weighted by Gasteiger charge is -1.99. The van der Waals surface area contributed by atoms with E-state index in [1.807, 2.05) is 12.1 Å². The molecule has 0 bridgehead atoms. The van der Waals surface area contributed by atoms with Crippen LogP contribution in [0.15, 0.2) is 41.4 Å². The van der Waals surface area contributed by atoms with Gasteiger partial charge in [0.2, 0.25) is 0 Å². The van der Waals surface area contributed by atoms with Crippen LogP contribution in [-0.4, -0.2) is 10.7 Å². The Morgan fingerprint density at radius 3 is 2.85 bits per heavy atom. The standard InChI is InChI=1S/C11H11NS/c1-2-13-11-8-7-9-5-3-4-6-10(9)12-11/h3-8H,2H2,1H3. The quantitative estimate of drug-likeness (QED) is 0.672. The first kappa shape index (κ1) is 8.57. The molecule has 1 aromatic carbocycles. The van der Waals surface area contributed by atoms with Gasteiger partial charge in [-0.3, -0.25) is 0 Å². The predicted octanol–water partition coefficient (Wildman–Crippen LogP) is 3.35. The third kappa shape index (κ3) is 1.83. The minimum atomic E-state index is 1.07. The van der Waals surface area contributed by atoms with E-state index in [4.69, 9.17) is 0 Å². The van der Waals surface area contributed by atoms with Gasteiger partial charge in [0.25, 0.3) is 0 Å². The number of benzene rings is 1. The van der Waals surface area contributed by atoms with Gasteiger partial charge in [0.15, 0.2) is 0 Å². The number of hydrogen-bond acceptors (Lipinski definition) is 2. The average Bonchev–Trinajstić information content (AvgIpc) is 2.18. The zero-order chi connectivity index (χ0) is 9.10. The molecule has 0 radical (unpaired) electrons. The molecule has 0 unspecified atom stereocenters. The summed E-state index contributed by atoms with van der Waals surface area (Å²) in [6.45, 7) is 2.14. The Morgan fingerprint density at radius 1 is 1.15 bits per heavy atom. The van der Waals surface area contributed by atoms with Crippen LogP contribution in [0.3, 0.4) is 0 Å². The molecule has 0 amide bonds. The zero-order valence-electron chi connectivity index (χ0n) is 7.53. The van der Waals surface area contributed by atoms with Crippen LogP contribution in [-0.2, 0) is 0 Å². The normalized spacial score (nSPS) is 10.5. The molecule has 66 valence electrons. The van der Waals surface area contributed by atoms with Crippen LogP contribution in [0.2, 0.25) is 0 Å². The van der Waals surface area contributed by atoms with Crippen molar-refractivity contribution in [2.75, 3.05) is 5.75 Å². The first-order valence-corrected chi connectivity index (χ1v) is 5.37. The molecule has 0 saturated heterocycles. The zero-order valence-corrected chi connectivity index (χ0v) is 8.34. The highest BCUT2D eigenvalue weighted by atomic mass is 32.2. The third-order valence-corrected chi connectivity index (χ3v) is 2.68. The van der Waals surface area contributed by atoms with Crippen molar-refractivity contribution in [1.82, 2.24) is 4.98 Å². The fraction of sp³-hybridized carbons (Fsp3) is 0.182. The lowest BCUT2D eigenvalue weighted by Crippen LogP contribution is -1.81. The number of thioether (sulfide) groups is 1. The fourth-order valence-electron chi connectivity index (χ4n) is 1.28. The molecule has 0 aliphatic carbocycles. The average molecular weight is 189 g/mol. The van der Waals surface area contributed by atoms with Crippen LogP contribution >= 0.6 is 11.8 Å². The van der Waals surface area contributed by atoms with Gasteiger partial charge in [0, 0.05) is 5.39 Å². The van der Waals surface area contributed by atoms with Crippen LogP contribution in [0.25, 0.3) is 10.9 Å². The fourth-order valence-corrected chi connectivity index (χ4v) is 1.90. The minimum absolute atomic E-state index is 1.07. The summed E-state index contributed by atoms with van der Waals surface area (Å²) in [6.07, 6.45) is 0. The van der Waals surface area contributed by atoms with Crippen LogP contribution in [0.1, 0.15) is 6.92 Å². The second-order valence-corrected chi connectivity index (χ2v) is 4.06. The van der Waals surface area contributed by atoms with Crippen LogP contribution < -0.4 is 0 Å². The number of fused-ring (bicyclic) bond motifs is 1. The molecule has 0 aliphatic rings. The number of nitrogens with zero attached hydrogens (tertiary/aromatic N) is 1. The molecule has 1 heterocycles. The van der Waals surface area contributed by atoms with Crippen molar-refractivity contribution in [3.8, 4) is 0 Å². The molecule has 2 aromatic rings. The monoisotopic (exact) mass is 189 g/mol. The molecule has 2 heteroatoms. The van der Waals surface area contributed by atoms with Gasteiger partial charge in [-0.15, -0.1) is 11.8 Å². The number of aromatic nitrogens is 1. The minimum Gasteiger partial charge on any atom is -0.241 e. The molecular formula is C11H11NS. The smallest absolute Gasteiger partial charge is 0.0967 e. The molecule has 0 fully saturated rings. The number of para-hydroxylation sites is 1. The summed E-state index contributed by atoms with van der Waals surface area (Å²) in [4.78, 5) is 4.53. The van der Waals surface area contributed by atoms with Crippen LogP contribution in [0.4, 0.5) is 0 Å². The lowest BCUT2D eigenvalue weighted by atomic mass is 10.2. The van der Waals surface area contributed by atoms with Gasteiger partial charge in [0.05, 0.1) is 10.5 Å². The van der Waals surface area contributed by atoms with Crippen molar-refractivity contribution in [3.05, 3.63) is 36.4 Å². The largest absolute Gasteiger partial charge is 0.241 e. The van der Waals surface area contributed by atoms with Gasteiger partial charge in [-0.25, -0.2) is 4.98 Å². The highest BCUT2D eigenvalue weighted by Crippen LogP contribution is 2.18. The molecule has 0 atom stereocenters. The second-order valence-electron chi connectivity index (χ2n) is 2.78. The van der Waals surface area contributed by atoms with E-state index in [1.54, 1.807) is 11.8 Å². The topological polar surface area (TPSA) is 12.9 Å². The van der Waals surface area contributed by atoms with Crippen LogP contribution in [0, 0.1) is 0 Å². The first-order valence-electron chi connectivity index (χ1n) is 4.39. The maximum atomic E-state index is 4.53. The van der Waals surface area contributed by atoms with Gasteiger partial charge < -0.3 is 0 Å². The lowest BCUT2D eigenvalue weighted by molar-refractivity contribution is 1.19. The summed E-state index contributed by atoms with van der Waals surface area (Å²) in [7, 11) is 0. The van der Waals surface area contributed by atoms with Gasteiger partial charge >= 0.3 is 0 Å². The maximum Gasteiger partial charge on any atom is 0.0967 e.